The largest absolute Gasteiger partial charge is 0.433 e. The molecule has 4 heterocycles. The van der Waals surface area contributed by atoms with Crippen LogP contribution in [0.15, 0.2) is 43.0 Å². The standard InChI is InChI=1S/C20H16F2N6O2/c1-20(2,11-23)28-9-13(7-25-28)27-10-17-15(18(27)29)3-4-16(26-17)12-5-14(8-24-6-12)30-19(21)22/h3-9,19H,10H2,1-2H3. The van der Waals surface area contributed by atoms with E-state index in [4.69, 9.17) is 0 Å². The Morgan fingerprint density at radius 3 is 2.80 bits per heavy atom. The Hall–Kier alpha value is -3.87. The molecular weight excluding hydrogens is 394 g/mol. The Morgan fingerprint density at radius 2 is 2.07 bits per heavy atom. The second-order valence-corrected chi connectivity index (χ2v) is 7.18. The van der Waals surface area contributed by atoms with Crippen molar-refractivity contribution in [1.82, 2.24) is 19.7 Å². The zero-order valence-corrected chi connectivity index (χ0v) is 16.1. The maximum atomic E-state index is 12.8. The number of rotatable bonds is 5. The monoisotopic (exact) mass is 410 g/mol. The molecule has 0 aromatic carbocycles. The molecule has 0 unspecified atom stereocenters. The fourth-order valence-electron chi connectivity index (χ4n) is 3.09. The maximum Gasteiger partial charge on any atom is 0.387 e. The molecule has 0 fully saturated rings. The van der Waals surface area contributed by atoms with E-state index in [2.05, 4.69) is 25.9 Å². The van der Waals surface area contributed by atoms with Gasteiger partial charge >= 0.3 is 6.61 Å². The highest BCUT2D eigenvalue weighted by molar-refractivity contribution is 6.09. The second kappa shape index (κ2) is 7.18. The van der Waals surface area contributed by atoms with Gasteiger partial charge in [0.2, 0.25) is 0 Å². The molecule has 0 saturated heterocycles. The number of carbonyl (C=O) groups is 1. The Morgan fingerprint density at radius 1 is 1.27 bits per heavy atom. The lowest BCUT2D eigenvalue weighted by Gasteiger charge is -2.16. The van der Waals surface area contributed by atoms with Crippen LogP contribution in [0.3, 0.4) is 0 Å². The molecule has 0 aliphatic carbocycles. The Kier molecular flexibility index (Phi) is 4.66. The molecule has 0 radical (unpaired) electrons. The van der Waals surface area contributed by atoms with Crippen molar-refractivity contribution in [2.24, 2.45) is 0 Å². The molecule has 0 atom stereocenters. The number of hydrogen-bond acceptors (Lipinski definition) is 6. The second-order valence-electron chi connectivity index (χ2n) is 7.18. The Bertz CT molecular complexity index is 1170. The number of anilines is 1. The molecule has 0 spiro atoms. The number of pyridine rings is 2. The molecule has 4 rings (SSSR count). The summed E-state index contributed by atoms with van der Waals surface area (Å²) in [6.45, 7) is 0.713. The summed E-state index contributed by atoms with van der Waals surface area (Å²) in [5.41, 5.74) is 1.67. The van der Waals surface area contributed by atoms with Crippen molar-refractivity contribution in [3.63, 3.8) is 0 Å². The first-order valence-corrected chi connectivity index (χ1v) is 8.97. The average Bonchev–Trinajstić information content (AvgIpc) is 3.33. The highest BCUT2D eigenvalue weighted by atomic mass is 19.3. The van der Waals surface area contributed by atoms with Gasteiger partial charge in [0.05, 0.1) is 53.8 Å². The molecule has 8 nitrogen and oxygen atoms in total. The van der Waals surface area contributed by atoms with Crippen molar-refractivity contribution < 1.29 is 18.3 Å². The molecule has 3 aromatic rings. The van der Waals surface area contributed by atoms with Gasteiger partial charge in [-0.1, -0.05) is 0 Å². The minimum Gasteiger partial charge on any atom is -0.433 e. The molecule has 0 bridgehead atoms. The number of amides is 1. The van der Waals surface area contributed by atoms with Crippen LogP contribution in [0.4, 0.5) is 14.5 Å². The van der Waals surface area contributed by atoms with Gasteiger partial charge in [-0.25, -0.2) is 0 Å². The third kappa shape index (κ3) is 3.45. The van der Waals surface area contributed by atoms with Gasteiger partial charge in [0.25, 0.3) is 5.91 Å². The van der Waals surface area contributed by atoms with Crippen LogP contribution in [0.5, 0.6) is 5.75 Å². The summed E-state index contributed by atoms with van der Waals surface area (Å²) in [6, 6.07) is 6.84. The van der Waals surface area contributed by atoms with Gasteiger partial charge in [-0.15, -0.1) is 0 Å². The first-order valence-electron chi connectivity index (χ1n) is 8.97. The Labute approximate surface area is 170 Å². The number of aromatic nitrogens is 4. The summed E-state index contributed by atoms with van der Waals surface area (Å²) in [5, 5.41) is 13.5. The first kappa shape index (κ1) is 19.4. The number of alkyl halides is 2. The van der Waals surface area contributed by atoms with Gasteiger partial charge < -0.3 is 4.74 Å². The predicted octanol–water partition coefficient (Wildman–Crippen LogP) is 3.36. The molecule has 1 aliphatic heterocycles. The van der Waals surface area contributed by atoms with E-state index >= 15 is 0 Å². The fourth-order valence-corrected chi connectivity index (χ4v) is 3.09. The van der Waals surface area contributed by atoms with E-state index in [0.29, 0.717) is 28.2 Å². The van der Waals surface area contributed by atoms with Crippen molar-refractivity contribution in [3.05, 3.63) is 54.2 Å². The third-order valence-electron chi connectivity index (χ3n) is 4.72. The molecular formula is C20H16F2N6O2. The molecule has 1 aliphatic rings. The quantitative estimate of drug-likeness (QED) is 0.640. The lowest BCUT2D eigenvalue weighted by atomic mass is 10.1. The third-order valence-corrected chi connectivity index (χ3v) is 4.72. The van der Waals surface area contributed by atoms with Crippen LogP contribution in [0, 0.1) is 11.3 Å². The number of carbonyl (C=O) groups excluding carboxylic acids is 1. The number of nitriles is 1. The maximum absolute atomic E-state index is 12.8. The normalized spacial score (nSPS) is 13.5. The first-order chi connectivity index (χ1) is 14.3. The van der Waals surface area contributed by atoms with Gasteiger partial charge in [-0.05, 0) is 32.0 Å². The van der Waals surface area contributed by atoms with Gasteiger partial charge in [-0.2, -0.15) is 19.1 Å². The molecule has 3 aromatic heterocycles. The van der Waals surface area contributed by atoms with Crippen molar-refractivity contribution in [1.29, 1.82) is 5.26 Å². The minimum absolute atomic E-state index is 0.0741. The summed E-state index contributed by atoms with van der Waals surface area (Å²) in [7, 11) is 0. The van der Waals surface area contributed by atoms with Crippen LogP contribution < -0.4 is 9.64 Å². The topological polar surface area (TPSA) is 96.9 Å². The van der Waals surface area contributed by atoms with Crippen LogP contribution in [-0.4, -0.2) is 32.3 Å². The Balaban J connectivity index is 1.62. The van der Waals surface area contributed by atoms with E-state index in [0.717, 1.165) is 0 Å². The SMILES string of the molecule is CC(C)(C#N)n1cc(N2Cc3nc(-c4cncc(OC(F)F)c4)ccc3C2=O)cn1. The summed E-state index contributed by atoms with van der Waals surface area (Å²) in [6.07, 6.45) is 5.84. The molecule has 1 amide bonds. The summed E-state index contributed by atoms with van der Waals surface area (Å²) < 4.78 is 30.8. The lowest BCUT2D eigenvalue weighted by Crippen LogP contribution is -2.25. The van der Waals surface area contributed by atoms with Crippen LogP contribution >= 0.6 is 0 Å². The average molecular weight is 410 g/mol. The highest BCUT2D eigenvalue weighted by Crippen LogP contribution is 2.30. The van der Waals surface area contributed by atoms with Crippen LogP contribution in [-0.2, 0) is 12.1 Å². The van der Waals surface area contributed by atoms with Crippen molar-refractivity contribution in [2.75, 3.05) is 4.90 Å². The van der Waals surface area contributed by atoms with Crippen LogP contribution in [0.25, 0.3) is 11.3 Å². The van der Waals surface area contributed by atoms with E-state index < -0.39 is 12.2 Å². The minimum atomic E-state index is -2.95. The van der Waals surface area contributed by atoms with Gasteiger partial charge in [0.15, 0.2) is 0 Å². The zero-order valence-electron chi connectivity index (χ0n) is 16.1. The lowest BCUT2D eigenvalue weighted by molar-refractivity contribution is -0.0500. The number of nitrogens with zero attached hydrogens (tertiary/aromatic N) is 6. The molecule has 10 heteroatoms. The summed E-state index contributed by atoms with van der Waals surface area (Å²) in [4.78, 5) is 22.8. The molecule has 30 heavy (non-hydrogen) atoms. The smallest absolute Gasteiger partial charge is 0.387 e. The number of hydrogen-bond donors (Lipinski definition) is 0. The number of fused-ring (bicyclic) bond motifs is 1. The van der Waals surface area contributed by atoms with Gasteiger partial charge in [-0.3, -0.25) is 24.3 Å². The fraction of sp³-hybridized carbons (Fsp3) is 0.250. The van der Waals surface area contributed by atoms with Crippen molar-refractivity contribution >= 4 is 11.6 Å². The van der Waals surface area contributed by atoms with E-state index in [1.807, 2.05) is 0 Å². The van der Waals surface area contributed by atoms with E-state index in [-0.39, 0.29) is 18.2 Å². The number of ether oxygens (including phenoxy) is 1. The van der Waals surface area contributed by atoms with Gasteiger partial charge in [0.1, 0.15) is 11.3 Å². The zero-order chi connectivity index (χ0) is 21.5. The van der Waals surface area contributed by atoms with Gasteiger partial charge in [0, 0.05) is 11.8 Å². The summed E-state index contributed by atoms with van der Waals surface area (Å²) >= 11 is 0. The van der Waals surface area contributed by atoms with Crippen molar-refractivity contribution in [3.8, 4) is 23.1 Å². The summed E-state index contributed by atoms with van der Waals surface area (Å²) in [5.74, 6) is -0.304. The molecule has 0 saturated carbocycles. The van der Waals surface area contributed by atoms with Crippen LogP contribution in [0.2, 0.25) is 0 Å². The van der Waals surface area contributed by atoms with E-state index in [9.17, 15) is 18.8 Å². The predicted molar refractivity (Wildman–Crippen MR) is 102 cm³/mol. The highest BCUT2D eigenvalue weighted by Gasteiger charge is 2.32. The van der Waals surface area contributed by atoms with E-state index in [1.165, 1.54) is 34.2 Å². The van der Waals surface area contributed by atoms with Crippen LogP contribution in [0.1, 0.15) is 29.9 Å². The van der Waals surface area contributed by atoms with E-state index in [1.54, 1.807) is 32.2 Å². The number of halogens is 2. The van der Waals surface area contributed by atoms with Crippen molar-refractivity contribution in [2.45, 2.75) is 32.5 Å². The molecule has 152 valence electrons. The molecule has 0 N–H and O–H groups in total.